The van der Waals surface area contributed by atoms with Crippen molar-refractivity contribution < 1.29 is 41.6 Å². The molecule has 336 valence electrons. The number of rotatable bonds is 13. The van der Waals surface area contributed by atoms with Gasteiger partial charge in [-0.15, -0.1) is 0 Å². The fraction of sp³-hybridized carbons (Fsp3) is 0.349. The number of carbonyl (C=O) groups excluding carboxylic acids is 4. The minimum absolute atomic E-state index is 0.0713. The van der Waals surface area contributed by atoms with E-state index in [0.29, 0.717) is 24.3 Å². The number of ether oxygens (including phenoxy) is 2. The summed E-state index contributed by atoms with van der Waals surface area (Å²) in [5.41, 5.74) is 15.9. The molecule has 17 nitrogen and oxygen atoms in total. The van der Waals surface area contributed by atoms with Gasteiger partial charge in [0.05, 0.1) is 31.0 Å². The molecule has 0 aliphatic carbocycles. The standard InChI is InChI=1S/C24H29N5O7S.C17H22N2OS.CH5N.CH2O/c1-26-13-21(25)28-22(30)8-5-9-36-20-12-16-15(11-19(20)35-2)24(31)29-17-7-4-3-6-14(17)10-18(29)23(27-16)37(32,33)34;1-12-5-7-13(8-6-12)14-9-15(19(4)10-14)16(20)18-11-17(2,3)21;2*1-2/h3-4,6-7,11-13,18,23,26-27H,5,8-10,25H2,1-2H3,(H,28,30)(H,32,33,34);5-10,21H,11H2,1-4H3,(H,18,20);2H2,1H3;1H2/b21-13+;;;. The Morgan fingerprint density at radius 2 is 1.73 bits per heavy atom. The van der Waals surface area contributed by atoms with Gasteiger partial charge in [-0.25, -0.2) is 0 Å². The predicted octanol–water partition coefficient (Wildman–Crippen LogP) is 3.99. The Labute approximate surface area is 368 Å². The number of thiol groups is 1. The molecule has 0 saturated heterocycles. The number of anilines is 2. The molecule has 0 saturated carbocycles. The molecule has 2 atom stereocenters. The summed E-state index contributed by atoms with van der Waals surface area (Å²) < 4.78 is 47.7. The first-order valence-corrected chi connectivity index (χ1v) is 21.4. The Balaban J connectivity index is 0.000000347. The van der Waals surface area contributed by atoms with Gasteiger partial charge in [0.15, 0.2) is 16.9 Å². The second-order valence-corrected chi connectivity index (χ2v) is 17.4. The second kappa shape index (κ2) is 22.7. The minimum Gasteiger partial charge on any atom is -0.493 e. The van der Waals surface area contributed by atoms with Crippen LogP contribution in [-0.2, 0) is 33.2 Å². The van der Waals surface area contributed by atoms with Crippen molar-refractivity contribution in [2.75, 3.05) is 44.6 Å². The summed E-state index contributed by atoms with van der Waals surface area (Å²) in [4.78, 5) is 47.3. The minimum atomic E-state index is -4.60. The van der Waals surface area contributed by atoms with Crippen molar-refractivity contribution >= 4 is 58.6 Å². The van der Waals surface area contributed by atoms with Crippen molar-refractivity contribution in [2.45, 2.75) is 56.2 Å². The Kier molecular flexibility index (Phi) is 18.4. The number of nitrogens with zero attached hydrogens (tertiary/aromatic N) is 2. The van der Waals surface area contributed by atoms with E-state index in [4.69, 9.17) is 20.0 Å². The average Bonchev–Trinajstić information content (AvgIpc) is 3.79. The molecule has 3 aromatic carbocycles. The van der Waals surface area contributed by atoms with Gasteiger partial charge in [0, 0.05) is 61.5 Å². The number of nitrogens with two attached hydrogens (primary N) is 2. The second-order valence-electron chi connectivity index (χ2n) is 14.7. The molecule has 0 spiro atoms. The maximum atomic E-state index is 13.7. The first-order valence-electron chi connectivity index (χ1n) is 19.4. The van der Waals surface area contributed by atoms with Crippen LogP contribution in [0, 0.1) is 6.92 Å². The molecule has 2 aliphatic heterocycles. The molecule has 4 aromatic rings. The number of benzene rings is 3. The van der Waals surface area contributed by atoms with Crippen LogP contribution in [0.2, 0.25) is 0 Å². The van der Waals surface area contributed by atoms with Crippen LogP contribution in [0.25, 0.3) is 11.1 Å². The van der Waals surface area contributed by atoms with E-state index < -0.39 is 27.4 Å². The lowest BCUT2D eigenvalue weighted by molar-refractivity contribution is -0.120. The first-order chi connectivity index (χ1) is 29.4. The normalized spacial score (nSPS) is 15.2. The van der Waals surface area contributed by atoms with E-state index in [1.807, 2.05) is 56.6 Å². The quantitative estimate of drug-likeness (QED) is 0.0538. The zero-order chi connectivity index (χ0) is 46.4. The Morgan fingerprint density at radius 1 is 1.06 bits per heavy atom. The molecule has 3 heterocycles. The largest absolute Gasteiger partial charge is 0.493 e. The van der Waals surface area contributed by atoms with Gasteiger partial charge in [0.25, 0.3) is 21.9 Å². The topological polar surface area (TPSA) is 249 Å². The lowest BCUT2D eigenvalue weighted by Crippen LogP contribution is -2.49. The summed E-state index contributed by atoms with van der Waals surface area (Å²) in [5.74, 6) is -0.101. The first kappa shape index (κ1) is 50.3. The van der Waals surface area contributed by atoms with E-state index in [2.05, 4.69) is 70.8 Å². The highest BCUT2D eigenvalue weighted by Crippen LogP contribution is 2.42. The summed E-state index contributed by atoms with van der Waals surface area (Å²) in [7, 11) is 1.86. The number of para-hydroxylation sites is 1. The van der Waals surface area contributed by atoms with Gasteiger partial charge in [0.2, 0.25) is 5.91 Å². The fourth-order valence-electron chi connectivity index (χ4n) is 6.61. The van der Waals surface area contributed by atoms with Gasteiger partial charge in [-0.2, -0.15) is 21.0 Å². The van der Waals surface area contributed by atoms with Crippen LogP contribution in [0.5, 0.6) is 11.5 Å². The molecule has 2 unspecified atom stereocenters. The highest BCUT2D eigenvalue weighted by atomic mass is 32.2. The van der Waals surface area contributed by atoms with Crippen LogP contribution in [0.3, 0.4) is 0 Å². The zero-order valence-corrected chi connectivity index (χ0v) is 37.7. The number of aromatic nitrogens is 1. The molecule has 0 fully saturated rings. The third-order valence-corrected chi connectivity index (χ3v) is 10.7. The predicted molar refractivity (Wildman–Crippen MR) is 245 cm³/mol. The van der Waals surface area contributed by atoms with E-state index in [9.17, 15) is 27.4 Å². The van der Waals surface area contributed by atoms with E-state index in [0.717, 1.165) is 16.7 Å². The van der Waals surface area contributed by atoms with Crippen LogP contribution in [-0.4, -0.2) is 92.6 Å². The van der Waals surface area contributed by atoms with Gasteiger partial charge < -0.3 is 56.5 Å². The number of methoxy groups -OCH3 is 1. The number of aryl methyl sites for hydroxylation is 2. The highest BCUT2D eigenvalue weighted by Gasteiger charge is 2.47. The van der Waals surface area contributed by atoms with Crippen LogP contribution < -0.4 is 47.1 Å². The third-order valence-electron chi connectivity index (χ3n) is 9.43. The summed E-state index contributed by atoms with van der Waals surface area (Å²) in [6.45, 7) is 8.67. The SMILES string of the molecule is C=O.CN.CN/C=C(\N)NC(=O)CCCOc1cc2c(cc1OC)C(=O)N1c3ccccc3CC1C(S(=O)(=O)O)N2.Cc1ccc(-c2cc(C(=O)NCC(C)(C)S)n(C)c2)cc1. The van der Waals surface area contributed by atoms with Gasteiger partial charge >= 0.3 is 0 Å². The van der Waals surface area contributed by atoms with Gasteiger partial charge in [0.1, 0.15) is 18.3 Å². The van der Waals surface area contributed by atoms with Crippen molar-refractivity contribution in [1.29, 1.82) is 0 Å². The summed E-state index contributed by atoms with van der Waals surface area (Å²) in [5, 5.41) is 9.53. The number of nitrogens with one attached hydrogen (secondary N) is 4. The van der Waals surface area contributed by atoms with Crippen molar-refractivity contribution in [2.24, 2.45) is 18.5 Å². The molecule has 6 rings (SSSR count). The Bertz CT molecular complexity index is 2310. The molecule has 1 aromatic heterocycles. The molecule has 0 bridgehead atoms. The fourth-order valence-corrected chi connectivity index (χ4v) is 7.58. The molecule has 62 heavy (non-hydrogen) atoms. The van der Waals surface area contributed by atoms with Crippen molar-refractivity contribution in [3.05, 3.63) is 107 Å². The van der Waals surface area contributed by atoms with Crippen LogP contribution in [0.15, 0.2) is 84.9 Å². The highest BCUT2D eigenvalue weighted by molar-refractivity contribution is 7.86. The van der Waals surface area contributed by atoms with Crippen molar-refractivity contribution in [1.82, 2.24) is 20.5 Å². The lowest BCUT2D eigenvalue weighted by atomic mass is 10.1. The Morgan fingerprint density at radius 3 is 2.34 bits per heavy atom. The van der Waals surface area contributed by atoms with Gasteiger partial charge in [-0.1, -0.05) is 48.0 Å². The molecule has 0 radical (unpaired) electrons. The number of fused-ring (bicyclic) bond motifs is 4. The van der Waals surface area contributed by atoms with E-state index >= 15 is 0 Å². The molecular weight excluding hydrogens is 837 g/mol. The van der Waals surface area contributed by atoms with E-state index in [1.54, 1.807) is 19.2 Å². The number of hydrogen-bond donors (Lipinski definition) is 8. The van der Waals surface area contributed by atoms with Crippen LogP contribution in [0.4, 0.5) is 11.4 Å². The smallest absolute Gasteiger partial charge is 0.288 e. The summed E-state index contributed by atoms with van der Waals surface area (Å²) in [6, 6.07) is 19.4. The van der Waals surface area contributed by atoms with Crippen molar-refractivity contribution in [3.8, 4) is 22.6 Å². The summed E-state index contributed by atoms with van der Waals surface area (Å²) in [6.07, 6.45) is 4.18. The van der Waals surface area contributed by atoms with Crippen molar-refractivity contribution in [3.63, 3.8) is 0 Å². The molecule has 2 aliphatic rings. The maximum Gasteiger partial charge on any atom is 0.288 e. The average molecular weight is 895 g/mol. The monoisotopic (exact) mass is 894 g/mol. The molecule has 9 N–H and O–H groups in total. The molecular formula is C43H58N8O9S2. The maximum absolute atomic E-state index is 13.7. The van der Waals surface area contributed by atoms with Crippen LogP contribution >= 0.6 is 12.6 Å². The van der Waals surface area contributed by atoms with Crippen LogP contribution in [0.1, 0.15) is 58.7 Å². The number of carbonyl (C=O) groups is 4. The van der Waals surface area contributed by atoms with Gasteiger partial charge in [-0.3, -0.25) is 18.9 Å². The summed E-state index contributed by atoms with van der Waals surface area (Å²) >= 11 is 4.42. The lowest BCUT2D eigenvalue weighted by Gasteiger charge is -2.27. The third kappa shape index (κ3) is 13.2. The van der Waals surface area contributed by atoms with Gasteiger partial charge in [-0.05, 0) is 70.0 Å². The number of amides is 3. The molecule has 19 heteroatoms. The Hall–Kier alpha value is -6.02. The molecule has 3 amide bonds. The van der Waals surface area contributed by atoms with E-state index in [-0.39, 0.29) is 64.6 Å². The number of hydrogen-bond acceptors (Lipinski definition) is 13. The van der Waals surface area contributed by atoms with E-state index in [1.165, 1.54) is 43.0 Å². The zero-order valence-electron chi connectivity index (χ0n) is 36.0.